The molecule has 1 atom stereocenters. The van der Waals surface area contributed by atoms with Crippen LogP contribution < -0.4 is 0 Å². The molecular formula is C12H18F3N3O. The first-order valence-corrected chi connectivity index (χ1v) is 6.40. The van der Waals surface area contributed by atoms with Gasteiger partial charge >= 0.3 is 6.18 Å². The fourth-order valence-corrected chi connectivity index (χ4v) is 2.39. The van der Waals surface area contributed by atoms with Gasteiger partial charge in [-0.05, 0) is 25.5 Å². The second-order valence-corrected chi connectivity index (χ2v) is 4.73. The van der Waals surface area contributed by atoms with E-state index in [4.69, 9.17) is 0 Å². The number of hydrogen-bond acceptors (Lipinski definition) is 3. The molecule has 19 heavy (non-hydrogen) atoms. The van der Waals surface area contributed by atoms with Crippen molar-refractivity contribution < 1.29 is 17.9 Å². The molecule has 1 aliphatic rings. The number of hydrogen-bond donors (Lipinski definition) is 0. The van der Waals surface area contributed by atoms with Gasteiger partial charge in [0.15, 0.2) is 0 Å². The Labute approximate surface area is 110 Å². The van der Waals surface area contributed by atoms with Crippen LogP contribution in [0.4, 0.5) is 13.2 Å². The van der Waals surface area contributed by atoms with Crippen molar-refractivity contribution in [1.29, 1.82) is 0 Å². The molecule has 0 radical (unpaired) electrons. The molecule has 0 bridgehead atoms. The van der Waals surface area contributed by atoms with Gasteiger partial charge in [0.1, 0.15) is 6.61 Å². The SMILES string of the molecule is FC(F)(F)COCCN1CCC[C@H]1Cn1cccn1. The van der Waals surface area contributed by atoms with Gasteiger partial charge in [-0.1, -0.05) is 0 Å². The van der Waals surface area contributed by atoms with Crippen LogP contribution in [0.15, 0.2) is 18.5 Å². The molecule has 0 aromatic carbocycles. The standard InChI is InChI=1S/C12H18F3N3O/c13-12(14,15)10-19-8-7-17-5-1-3-11(17)9-18-6-2-4-16-18/h2,4,6,11H,1,3,5,7-10H2/t11-/m0/s1. The Balaban J connectivity index is 1.70. The summed E-state index contributed by atoms with van der Waals surface area (Å²) in [4.78, 5) is 2.18. The lowest BCUT2D eigenvalue weighted by Crippen LogP contribution is -2.36. The lowest BCUT2D eigenvalue weighted by atomic mass is 10.2. The van der Waals surface area contributed by atoms with E-state index in [0.29, 0.717) is 12.6 Å². The minimum atomic E-state index is -4.24. The zero-order valence-corrected chi connectivity index (χ0v) is 10.6. The molecule has 2 rings (SSSR count). The van der Waals surface area contributed by atoms with Gasteiger partial charge < -0.3 is 4.74 Å². The first-order valence-electron chi connectivity index (χ1n) is 6.40. The maximum Gasteiger partial charge on any atom is 0.411 e. The summed E-state index contributed by atoms with van der Waals surface area (Å²) in [5, 5.41) is 4.15. The Morgan fingerprint density at radius 2 is 2.21 bits per heavy atom. The summed E-state index contributed by atoms with van der Waals surface area (Å²) in [7, 11) is 0. The van der Waals surface area contributed by atoms with Gasteiger partial charge in [0.05, 0.1) is 13.2 Å². The molecule has 0 aliphatic carbocycles. The van der Waals surface area contributed by atoms with E-state index < -0.39 is 12.8 Å². The molecular weight excluding hydrogens is 259 g/mol. The van der Waals surface area contributed by atoms with Crippen molar-refractivity contribution in [3.8, 4) is 0 Å². The van der Waals surface area contributed by atoms with Crippen molar-refractivity contribution in [2.75, 3.05) is 26.3 Å². The van der Waals surface area contributed by atoms with Crippen molar-refractivity contribution in [3.05, 3.63) is 18.5 Å². The molecule has 1 aromatic rings. The zero-order valence-electron chi connectivity index (χ0n) is 10.6. The van der Waals surface area contributed by atoms with E-state index in [9.17, 15) is 13.2 Å². The molecule has 1 aliphatic heterocycles. The number of aromatic nitrogens is 2. The van der Waals surface area contributed by atoms with Crippen LogP contribution in [0.25, 0.3) is 0 Å². The molecule has 1 saturated heterocycles. The minimum absolute atomic E-state index is 0.120. The maximum absolute atomic E-state index is 11.9. The first kappa shape index (κ1) is 14.3. The summed E-state index contributed by atoms with van der Waals surface area (Å²) in [5.74, 6) is 0. The van der Waals surface area contributed by atoms with E-state index in [-0.39, 0.29) is 6.61 Å². The van der Waals surface area contributed by atoms with E-state index in [2.05, 4.69) is 14.7 Å². The molecule has 2 heterocycles. The summed E-state index contributed by atoms with van der Waals surface area (Å²) in [5.41, 5.74) is 0. The number of alkyl halides is 3. The Kier molecular flexibility index (Phi) is 4.81. The van der Waals surface area contributed by atoms with Gasteiger partial charge in [-0.2, -0.15) is 18.3 Å². The Hall–Kier alpha value is -1.08. The first-order chi connectivity index (χ1) is 9.04. The molecule has 108 valence electrons. The normalized spacial score (nSPS) is 21.1. The predicted molar refractivity (Wildman–Crippen MR) is 63.7 cm³/mol. The number of halogens is 3. The molecule has 7 heteroatoms. The molecule has 0 spiro atoms. The lowest BCUT2D eigenvalue weighted by Gasteiger charge is -2.24. The number of likely N-dealkylation sites (tertiary alicyclic amines) is 1. The number of nitrogens with zero attached hydrogens (tertiary/aromatic N) is 3. The van der Waals surface area contributed by atoms with Crippen molar-refractivity contribution >= 4 is 0 Å². The van der Waals surface area contributed by atoms with Crippen LogP contribution in [-0.2, 0) is 11.3 Å². The third-order valence-electron chi connectivity index (χ3n) is 3.24. The van der Waals surface area contributed by atoms with Gasteiger partial charge in [0.2, 0.25) is 0 Å². The average Bonchev–Trinajstić information content (AvgIpc) is 2.96. The third kappa shape index (κ3) is 4.83. The van der Waals surface area contributed by atoms with Gasteiger partial charge in [-0.25, -0.2) is 0 Å². The van der Waals surface area contributed by atoms with Gasteiger partial charge in [-0.15, -0.1) is 0 Å². The average molecular weight is 277 g/mol. The lowest BCUT2D eigenvalue weighted by molar-refractivity contribution is -0.174. The topological polar surface area (TPSA) is 30.3 Å². The highest BCUT2D eigenvalue weighted by Crippen LogP contribution is 2.19. The maximum atomic E-state index is 11.9. The highest BCUT2D eigenvalue weighted by Gasteiger charge is 2.28. The fraction of sp³-hybridized carbons (Fsp3) is 0.750. The Morgan fingerprint density at radius 1 is 1.37 bits per heavy atom. The summed E-state index contributed by atoms with van der Waals surface area (Å²) in [6.45, 7) is 1.20. The van der Waals surface area contributed by atoms with Gasteiger partial charge in [-0.3, -0.25) is 9.58 Å². The van der Waals surface area contributed by atoms with Crippen LogP contribution in [0.5, 0.6) is 0 Å². The molecule has 1 fully saturated rings. The largest absolute Gasteiger partial charge is 0.411 e. The van der Waals surface area contributed by atoms with Crippen molar-refractivity contribution in [2.24, 2.45) is 0 Å². The van der Waals surface area contributed by atoms with E-state index in [1.807, 2.05) is 16.9 Å². The molecule has 4 nitrogen and oxygen atoms in total. The molecule has 0 N–H and O–H groups in total. The minimum Gasteiger partial charge on any atom is -0.371 e. The Bertz CT molecular complexity index is 367. The third-order valence-corrected chi connectivity index (χ3v) is 3.24. The van der Waals surface area contributed by atoms with Gasteiger partial charge in [0.25, 0.3) is 0 Å². The summed E-state index contributed by atoms with van der Waals surface area (Å²) in [6.07, 6.45) is 1.52. The smallest absolute Gasteiger partial charge is 0.371 e. The van der Waals surface area contributed by atoms with E-state index in [1.165, 1.54) is 0 Å². The van der Waals surface area contributed by atoms with E-state index in [0.717, 1.165) is 25.9 Å². The Morgan fingerprint density at radius 3 is 2.89 bits per heavy atom. The van der Waals surface area contributed by atoms with Crippen molar-refractivity contribution in [3.63, 3.8) is 0 Å². The van der Waals surface area contributed by atoms with Crippen LogP contribution in [0.2, 0.25) is 0 Å². The second kappa shape index (κ2) is 6.38. The predicted octanol–water partition coefficient (Wildman–Crippen LogP) is 1.93. The summed E-state index contributed by atoms with van der Waals surface area (Å²) < 4.78 is 42.3. The van der Waals surface area contributed by atoms with E-state index in [1.54, 1.807) is 6.20 Å². The van der Waals surface area contributed by atoms with Crippen molar-refractivity contribution in [2.45, 2.75) is 31.6 Å². The molecule has 0 amide bonds. The fourth-order valence-electron chi connectivity index (χ4n) is 2.39. The number of ether oxygens (including phenoxy) is 1. The quantitative estimate of drug-likeness (QED) is 0.744. The number of rotatable bonds is 6. The van der Waals surface area contributed by atoms with Gasteiger partial charge in [0, 0.05) is 25.0 Å². The van der Waals surface area contributed by atoms with Crippen molar-refractivity contribution in [1.82, 2.24) is 14.7 Å². The second-order valence-electron chi connectivity index (χ2n) is 4.73. The van der Waals surface area contributed by atoms with Crippen LogP contribution in [-0.4, -0.2) is 53.2 Å². The van der Waals surface area contributed by atoms with E-state index >= 15 is 0 Å². The summed E-state index contributed by atoms with van der Waals surface area (Å²) >= 11 is 0. The molecule has 0 unspecified atom stereocenters. The molecule has 0 saturated carbocycles. The van der Waals surface area contributed by atoms with Crippen LogP contribution in [0.3, 0.4) is 0 Å². The highest BCUT2D eigenvalue weighted by atomic mass is 19.4. The van der Waals surface area contributed by atoms with Crippen LogP contribution in [0.1, 0.15) is 12.8 Å². The monoisotopic (exact) mass is 277 g/mol. The van der Waals surface area contributed by atoms with Crippen LogP contribution >= 0.6 is 0 Å². The highest BCUT2D eigenvalue weighted by molar-refractivity contribution is 4.83. The zero-order chi connectivity index (χ0) is 13.7. The van der Waals surface area contributed by atoms with Crippen LogP contribution in [0, 0.1) is 0 Å². The summed E-state index contributed by atoms with van der Waals surface area (Å²) in [6, 6.07) is 2.21. The molecule has 1 aromatic heterocycles.